The molecule has 0 aromatic heterocycles. The molecule has 4 nitrogen and oxygen atoms in total. The smallest absolute Gasteiger partial charge is 0.257 e. The lowest BCUT2D eigenvalue weighted by Crippen LogP contribution is -2.45. The second-order valence-electron chi connectivity index (χ2n) is 11.2. The maximum Gasteiger partial charge on any atom is 0.257 e. The van der Waals surface area contributed by atoms with E-state index in [0.29, 0.717) is 18.4 Å². The van der Waals surface area contributed by atoms with Crippen LogP contribution in [-0.2, 0) is 11.3 Å². The van der Waals surface area contributed by atoms with Gasteiger partial charge in [0.1, 0.15) is 5.54 Å². The van der Waals surface area contributed by atoms with E-state index in [1.807, 2.05) is 6.07 Å². The fourth-order valence-electron chi connectivity index (χ4n) is 6.64. The van der Waals surface area contributed by atoms with Crippen LogP contribution in [-0.4, -0.2) is 22.3 Å². The summed E-state index contributed by atoms with van der Waals surface area (Å²) >= 11 is 0. The van der Waals surface area contributed by atoms with Gasteiger partial charge in [0.15, 0.2) is 5.96 Å². The summed E-state index contributed by atoms with van der Waals surface area (Å²) in [6, 6.07) is 18.9. The molecule has 1 amide bonds. The van der Waals surface area contributed by atoms with Crippen molar-refractivity contribution in [2.45, 2.75) is 95.6 Å². The zero-order chi connectivity index (χ0) is 24.1. The van der Waals surface area contributed by atoms with Crippen LogP contribution < -0.4 is 5.73 Å². The van der Waals surface area contributed by atoms with Crippen molar-refractivity contribution in [2.75, 3.05) is 0 Å². The number of nitrogens with two attached hydrogens (primary N) is 1. The Morgan fingerprint density at radius 1 is 0.800 bits per heavy atom. The van der Waals surface area contributed by atoms with Crippen molar-refractivity contribution in [1.29, 1.82) is 0 Å². The van der Waals surface area contributed by atoms with Crippen LogP contribution in [0.4, 0.5) is 0 Å². The first-order valence-electron chi connectivity index (χ1n) is 13.9. The molecule has 0 bridgehead atoms. The van der Waals surface area contributed by atoms with Gasteiger partial charge in [-0.15, -0.1) is 0 Å². The number of rotatable bonds is 8. The van der Waals surface area contributed by atoms with Gasteiger partial charge in [-0.2, -0.15) is 0 Å². The maximum absolute atomic E-state index is 14.0. The summed E-state index contributed by atoms with van der Waals surface area (Å²) in [6.45, 7) is 0.499. The standard InChI is InChI=1S/C31H41N3O/c32-30-33-31(22-25-12-6-2-7-13-25,21-20-24-10-4-1-5-11-24)29(35)34(30)23-26-16-18-28(19-17-26)27-14-8-3-9-15-27/h3,8-9,14-19,24-25H,1-2,4-7,10-13,20-23H2,(H2,32,33). The van der Waals surface area contributed by atoms with Crippen LogP contribution in [0.25, 0.3) is 11.1 Å². The quantitative estimate of drug-likeness (QED) is 0.447. The second-order valence-corrected chi connectivity index (χ2v) is 11.2. The maximum atomic E-state index is 14.0. The molecule has 2 fully saturated rings. The van der Waals surface area contributed by atoms with Crippen molar-refractivity contribution < 1.29 is 4.79 Å². The lowest BCUT2D eigenvalue weighted by atomic mass is 9.75. The molecule has 5 rings (SSSR count). The van der Waals surface area contributed by atoms with Gasteiger partial charge >= 0.3 is 0 Å². The van der Waals surface area contributed by atoms with E-state index in [9.17, 15) is 4.79 Å². The van der Waals surface area contributed by atoms with Crippen LogP contribution in [0.15, 0.2) is 59.6 Å². The highest BCUT2D eigenvalue weighted by Gasteiger charge is 2.48. The van der Waals surface area contributed by atoms with Gasteiger partial charge in [0.05, 0.1) is 6.54 Å². The molecule has 1 atom stereocenters. The molecule has 2 aliphatic carbocycles. The molecule has 2 N–H and O–H groups in total. The van der Waals surface area contributed by atoms with Gasteiger partial charge in [-0.05, 0) is 47.8 Å². The first kappa shape index (κ1) is 24.1. The van der Waals surface area contributed by atoms with Crippen LogP contribution in [0, 0.1) is 11.8 Å². The first-order chi connectivity index (χ1) is 17.1. The molecule has 2 aromatic carbocycles. The minimum atomic E-state index is -0.645. The largest absolute Gasteiger partial charge is 0.369 e. The third-order valence-electron chi connectivity index (χ3n) is 8.69. The van der Waals surface area contributed by atoms with Gasteiger partial charge in [0.2, 0.25) is 0 Å². The van der Waals surface area contributed by atoms with E-state index >= 15 is 0 Å². The lowest BCUT2D eigenvalue weighted by Gasteiger charge is -2.33. The van der Waals surface area contributed by atoms with E-state index < -0.39 is 5.54 Å². The Hall–Kier alpha value is -2.62. The molecule has 1 aliphatic heterocycles. The number of benzene rings is 2. The Morgan fingerprint density at radius 2 is 1.40 bits per heavy atom. The molecule has 0 spiro atoms. The Labute approximate surface area is 211 Å². The van der Waals surface area contributed by atoms with Gasteiger partial charge in [-0.1, -0.05) is 119 Å². The summed E-state index contributed by atoms with van der Waals surface area (Å²) in [5, 5.41) is 0. The SMILES string of the molecule is NC1=NC(CCC2CCCCC2)(CC2CCCCC2)C(=O)N1Cc1ccc(-c2ccccc2)cc1. The van der Waals surface area contributed by atoms with E-state index in [0.717, 1.165) is 30.7 Å². The summed E-state index contributed by atoms with van der Waals surface area (Å²) in [4.78, 5) is 20.8. The van der Waals surface area contributed by atoms with Crippen LogP contribution in [0.5, 0.6) is 0 Å². The number of carbonyl (C=O) groups is 1. The Kier molecular flexibility index (Phi) is 7.55. The summed E-state index contributed by atoms with van der Waals surface area (Å²) in [5.74, 6) is 1.90. The van der Waals surface area contributed by atoms with Crippen LogP contribution >= 0.6 is 0 Å². The van der Waals surface area contributed by atoms with Gasteiger partial charge in [-0.3, -0.25) is 9.69 Å². The van der Waals surface area contributed by atoms with E-state index in [-0.39, 0.29) is 5.91 Å². The second kappa shape index (κ2) is 11.0. The average Bonchev–Trinajstić information content (AvgIpc) is 3.14. The number of guanidine groups is 1. The molecular weight excluding hydrogens is 430 g/mol. The normalized spacial score (nSPS) is 24.1. The highest BCUT2D eigenvalue weighted by atomic mass is 16.2. The Bertz CT molecular complexity index is 1000. The fraction of sp³-hybridized carbons (Fsp3) is 0.548. The Balaban J connectivity index is 1.31. The molecule has 3 aliphatic rings. The number of aliphatic imine (C=N–C) groups is 1. The summed E-state index contributed by atoms with van der Waals surface area (Å²) in [5.41, 5.74) is 9.32. The number of carbonyl (C=O) groups excluding carboxylic acids is 1. The number of nitrogens with zero attached hydrogens (tertiary/aromatic N) is 2. The van der Waals surface area contributed by atoms with Crippen molar-refractivity contribution in [1.82, 2.24) is 4.90 Å². The van der Waals surface area contributed by atoms with Gasteiger partial charge in [0, 0.05) is 0 Å². The number of hydrogen-bond donors (Lipinski definition) is 1. The third-order valence-corrected chi connectivity index (χ3v) is 8.69. The van der Waals surface area contributed by atoms with Gasteiger partial charge in [-0.25, -0.2) is 4.99 Å². The Morgan fingerprint density at radius 3 is 2.06 bits per heavy atom. The van der Waals surface area contributed by atoms with Crippen molar-refractivity contribution >= 4 is 11.9 Å². The summed E-state index contributed by atoms with van der Waals surface area (Å²) in [7, 11) is 0. The van der Waals surface area contributed by atoms with Crippen molar-refractivity contribution in [3.8, 4) is 11.1 Å². The zero-order valence-corrected chi connectivity index (χ0v) is 21.1. The molecular formula is C31H41N3O. The zero-order valence-electron chi connectivity index (χ0n) is 21.1. The van der Waals surface area contributed by atoms with Crippen LogP contribution in [0.3, 0.4) is 0 Å². The van der Waals surface area contributed by atoms with E-state index in [4.69, 9.17) is 10.7 Å². The molecule has 1 unspecified atom stereocenters. The molecule has 186 valence electrons. The molecule has 0 saturated heterocycles. The summed E-state index contributed by atoms with van der Waals surface area (Å²) in [6.07, 6.45) is 15.9. The summed E-state index contributed by atoms with van der Waals surface area (Å²) < 4.78 is 0. The van der Waals surface area contributed by atoms with Gasteiger partial charge < -0.3 is 5.73 Å². The van der Waals surface area contributed by atoms with Gasteiger partial charge in [0.25, 0.3) is 5.91 Å². The molecule has 4 heteroatoms. The lowest BCUT2D eigenvalue weighted by molar-refractivity contribution is -0.132. The van der Waals surface area contributed by atoms with E-state index in [2.05, 4.69) is 48.5 Å². The number of amides is 1. The fourth-order valence-corrected chi connectivity index (χ4v) is 6.64. The monoisotopic (exact) mass is 471 g/mol. The number of hydrogen-bond acceptors (Lipinski definition) is 3. The van der Waals surface area contributed by atoms with Crippen molar-refractivity contribution in [3.05, 3.63) is 60.2 Å². The highest BCUT2D eigenvalue weighted by molar-refractivity contribution is 6.06. The molecule has 1 heterocycles. The van der Waals surface area contributed by atoms with E-state index in [1.165, 1.54) is 75.3 Å². The highest BCUT2D eigenvalue weighted by Crippen LogP contribution is 2.41. The third kappa shape index (κ3) is 5.63. The molecule has 35 heavy (non-hydrogen) atoms. The first-order valence-corrected chi connectivity index (χ1v) is 13.9. The average molecular weight is 472 g/mol. The minimum Gasteiger partial charge on any atom is -0.369 e. The molecule has 2 saturated carbocycles. The minimum absolute atomic E-state index is 0.142. The van der Waals surface area contributed by atoms with Crippen LogP contribution in [0.2, 0.25) is 0 Å². The van der Waals surface area contributed by atoms with Crippen molar-refractivity contribution in [2.24, 2.45) is 22.6 Å². The molecule has 0 radical (unpaired) electrons. The van der Waals surface area contributed by atoms with Crippen LogP contribution in [0.1, 0.15) is 89.0 Å². The van der Waals surface area contributed by atoms with Crippen molar-refractivity contribution in [3.63, 3.8) is 0 Å². The predicted octanol–water partition coefficient (Wildman–Crippen LogP) is 7.08. The topological polar surface area (TPSA) is 58.7 Å². The van der Waals surface area contributed by atoms with E-state index in [1.54, 1.807) is 4.90 Å². The predicted molar refractivity (Wildman–Crippen MR) is 144 cm³/mol. The molecule has 2 aromatic rings.